The number of imidazole rings is 1. The van der Waals surface area contributed by atoms with Crippen LogP contribution in [-0.4, -0.2) is 44.2 Å². The van der Waals surface area contributed by atoms with Crippen LogP contribution in [0.15, 0.2) is 36.5 Å². The Morgan fingerprint density at radius 3 is 2.77 bits per heavy atom. The van der Waals surface area contributed by atoms with E-state index >= 15 is 0 Å². The molecule has 0 bridgehead atoms. The SMILES string of the molecule is CC(C)c1cnn2c(NCc3nc4ccccc4[nH]3)cc(NCC3CCNCC3)nc12. The Labute approximate surface area is 181 Å². The van der Waals surface area contributed by atoms with Gasteiger partial charge in [0, 0.05) is 18.2 Å². The van der Waals surface area contributed by atoms with Crippen molar-refractivity contribution in [1.29, 1.82) is 0 Å². The lowest BCUT2D eigenvalue weighted by Gasteiger charge is -2.23. The van der Waals surface area contributed by atoms with E-state index in [1.54, 1.807) is 0 Å². The van der Waals surface area contributed by atoms with Gasteiger partial charge >= 0.3 is 0 Å². The molecule has 0 aliphatic carbocycles. The second-order valence-corrected chi connectivity index (χ2v) is 8.65. The molecule has 4 aromatic rings. The molecule has 0 atom stereocenters. The first kappa shape index (κ1) is 19.8. The molecule has 0 amide bonds. The van der Waals surface area contributed by atoms with Gasteiger partial charge in [-0.1, -0.05) is 26.0 Å². The highest BCUT2D eigenvalue weighted by atomic mass is 15.3. The van der Waals surface area contributed by atoms with Crippen LogP contribution in [0.2, 0.25) is 0 Å². The number of nitrogens with one attached hydrogen (secondary N) is 4. The summed E-state index contributed by atoms with van der Waals surface area (Å²) in [7, 11) is 0. The van der Waals surface area contributed by atoms with Gasteiger partial charge in [0.2, 0.25) is 0 Å². The van der Waals surface area contributed by atoms with Crippen LogP contribution in [-0.2, 0) is 6.54 Å². The Balaban J connectivity index is 1.40. The van der Waals surface area contributed by atoms with Crippen LogP contribution in [0.3, 0.4) is 0 Å². The number of aromatic nitrogens is 5. The zero-order valence-corrected chi connectivity index (χ0v) is 18.2. The zero-order valence-electron chi connectivity index (χ0n) is 18.2. The van der Waals surface area contributed by atoms with E-state index in [1.807, 2.05) is 41.0 Å². The molecule has 0 saturated carbocycles. The normalized spacial score (nSPS) is 15.2. The van der Waals surface area contributed by atoms with E-state index in [9.17, 15) is 0 Å². The van der Waals surface area contributed by atoms with E-state index in [0.717, 1.165) is 59.3 Å². The average molecular weight is 419 g/mol. The molecule has 1 fully saturated rings. The molecule has 3 aromatic heterocycles. The lowest BCUT2D eigenvalue weighted by molar-refractivity contribution is 0.389. The second kappa shape index (κ2) is 8.55. The van der Waals surface area contributed by atoms with Crippen molar-refractivity contribution in [2.45, 2.75) is 39.2 Å². The van der Waals surface area contributed by atoms with Crippen LogP contribution in [0, 0.1) is 5.92 Å². The van der Waals surface area contributed by atoms with E-state index in [2.05, 4.69) is 44.9 Å². The van der Waals surface area contributed by atoms with Crippen LogP contribution in [0.5, 0.6) is 0 Å². The third-order valence-electron chi connectivity index (χ3n) is 6.03. The smallest absolute Gasteiger partial charge is 0.163 e. The molecule has 1 saturated heterocycles. The Morgan fingerprint density at radius 2 is 1.97 bits per heavy atom. The van der Waals surface area contributed by atoms with Crippen molar-refractivity contribution >= 4 is 28.3 Å². The Morgan fingerprint density at radius 1 is 1.13 bits per heavy atom. The van der Waals surface area contributed by atoms with Gasteiger partial charge in [-0.15, -0.1) is 0 Å². The summed E-state index contributed by atoms with van der Waals surface area (Å²) in [5.41, 5.74) is 4.07. The number of nitrogens with zero attached hydrogens (tertiary/aromatic N) is 4. The average Bonchev–Trinajstić information content (AvgIpc) is 3.40. The predicted octanol–water partition coefficient (Wildman–Crippen LogP) is 3.75. The number of hydrogen-bond acceptors (Lipinski definition) is 6. The third kappa shape index (κ3) is 4.20. The number of piperidine rings is 1. The van der Waals surface area contributed by atoms with Crippen molar-refractivity contribution < 1.29 is 0 Å². The molecule has 8 nitrogen and oxygen atoms in total. The first-order valence-corrected chi connectivity index (χ1v) is 11.2. The minimum atomic E-state index is 0.355. The van der Waals surface area contributed by atoms with Gasteiger partial charge in [0.25, 0.3) is 0 Å². The molecule has 1 aliphatic heterocycles. The molecule has 8 heteroatoms. The van der Waals surface area contributed by atoms with Crippen LogP contribution >= 0.6 is 0 Å². The van der Waals surface area contributed by atoms with Crippen LogP contribution in [0.4, 0.5) is 11.6 Å². The Kier molecular flexibility index (Phi) is 5.46. The van der Waals surface area contributed by atoms with Crippen LogP contribution in [0.25, 0.3) is 16.7 Å². The maximum Gasteiger partial charge on any atom is 0.163 e. The highest BCUT2D eigenvalue weighted by Gasteiger charge is 2.16. The molecule has 162 valence electrons. The summed E-state index contributed by atoms with van der Waals surface area (Å²) >= 11 is 0. The van der Waals surface area contributed by atoms with Crippen LogP contribution in [0.1, 0.15) is 44.0 Å². The number of rotatable bonds is 7. The third-order valence-corrected chi connectivity index (χ3v) is 6.03. The molecule has 0 unspecified atom stereocenters. The van der Waals surface area contributed by atoms with Crippen molar-refractivity contribution in [3.63, 3.8) is 0 Å². The number of anilines is 2. The minimum Gasteiger partial charge on any atom is -0.370 e. The number of fused-ring (bicyclic) bond motifs is 2. The predicted molar refractivity (Wildman–Crippen MR) is 125 cm³/mol. The lowest BCUT2D eigenvalue weighted by Crippen LogP contribution is -2.31. The maximum absolute atomic E-state index is 4.90. The fraction of sp³-hybridized carbons (Fsp3) is 0.435. The quantitative estimate of drug-likeness (QED) is 0.365. The lowest BCUT2D eigenvalue weighted by atomic mass is 9.98. The summed E-state index contributed by atoms with van der Waals surface area (Å²) in [6, 6.07) is 10.1. The molecule has 0 radical (unpaired) electrons. The van der Waals surface area contributed by atoms with Crippen molar-refractivity contribution in [3.05, 3.63) is 47.9 Å². The summed E-state index contributed by atoms with van der Waals surface area (Å²) in [6.07, 6.45) is 4.34. The summed E-state index contributed by atoms with van der Waals surface area (Å²) in [5.74, 6) is 3.73. The summed E-state index contributed by atoms with van der Waals surface area (Å²) in [6.45, 7) is 8.08. The topological polar surface area (TPSA) is 95.0 Å². The molecule has 31 heavy (non-hydrogen) atoms. The molecular formula is C23H30N8. The van der Waals surface area contributed by atoms with Crippen molar-refractivity contribution in [2.75, 3.05) is 30.3 Å². The molecule has 5 rings (SSSR count). The van der Waals surface area contributed by atoms with E-state index < -0.39 is 0 Å². The standard InChI is InChI=1S/C23H30N8/c1-15(2)17-13-27-31-22(26-14-21-28-18-5-3-4-6-19(18)29-21)11-20(30-23(17)31)25-12-16-7-9-24-10-8-16/h3-6,11,13,15-16,24,26H,7-10,12,14H2,1-2H3,(H,25,30)(H,28,29). The van der Waals surface area contributed by atoms with Gasteiger partial charge in [-0.05, 0) is 49.9 Å². The molecule has 1 aromatic carbocycles. The number of aromatic amines is 1. The molecule has 0 spiro atoms. The first-order valence-electron chi connectivity index (χ1n) is 11.2. The number of hydrogen-bond donors (Lipinski definition) is 4. The van der Waals surface area contributed by atoms with Gasteiger partial charge in [0.1, 0.15) is 17.5 Å². The highest BCUT2D eigenvalue weighted by Crippen LogP contribution is 2.25. The summed E-state index contributed by atoms with van der Waals surface area (Å²) in [4.78, 5) is 13.0. The Bertz CT molecular complexity index is 1140. The number of para-hydroxylation sites is 2. The fourth-order valence-electron chi connectivity index (χ4n) is 4.20. The second-order valence-electron chi connectivity index (χ2n) is 8.65. The monoisotopic (exact) mass is 418 g/mol. The number of benzene rings is 1. The van der Waals surface area contributed by atoms with E-state index in [4.69, 9.17) is 4.98 Å². The molecule has 1 aliphatic rings. The van der Waals surface area contributed by atoms with Crippen molar-refractivity contribution in [3.8, 4) is 0 Å². The van der Waals surface area contributed by atoms with Crippen molar-refractivity contribution in [1.82, 2.24) is 29.9 Å². The van der Waals surface area contributed by atoms with Gasteiger partial charge in [-0.2, -0.15) is 9.61 Å². The van der Waals surface area contributed by atoms with Gasteiger partial charge in [-0.3, -0.25) is 0 Å². The minimum absolute atomic E-state index is 0.355. The van der Waals surface area contributed by atoms with E-state index in [-0.39, 0.29) is 0 Å². The Hall–Kier alpha value is -3.13. The molecular weight excluding hydrogens is 388 g/mol. The number of H-pyrrole nitrogens is 1. The summed E-state index contributed by atoms with van der Waals surface area (Å²) in [5, 5.41) is 15.1. The van der Waals surface area contributed by atoms with E-state index in [1.165, 1.54) is 12.8 Å². The molecule has 4 heterocycles. The van der Waals surface area contributed by atoms with Gasteiger partial charge in [0.15, 0.2) is 5.65 Å². The summed E-state index contributed by atoms with van der Waals surface area (Å²) < 4.78 is 1.90. The highest BCUT2D eigenvalue weighted by molar-refractivity contribution is 5.74. The van der Waals surface area contributed by atoms with E-state index in [0.29, 0.717) is 18.4 Å². The largest absolute Gasteiger partial charge is 0.370 e. The van der Waals surface area contributed by atoms with Gasteiger partial charge < -0.3 is 20.9 Å². The molecule has 4 N–H and O–H groups in total. The first-order chi connectivity index (χ1) is 15.2. The van der Waals surface area contributed by atoms with Gasteiger partial charge in [-0.25, -0.2) is 9.97 Å². The van der Waals surface area contributed by atoms with Gasteiger partial charge in [0.05, 0.1) is 23.8 Å². The fourth-order valence-corrected chi connectivity index (χ4v) is 4.20. The zero-order chi connectivity index (χ0) is 21.2. The van der Waals surface area contributed by atoms with Crippen LogP contribution < -0.4 is 16.0 Å². The van der Waals surface area contributed by atoms with Crippen molar-refractivity contribution in [2.24, 2.45) is 5.92 Å². The maximum atomic E-state index is 4.90.